The van der Waals surface area contributed by atoms with Crippen molar-refractivity contribution in [2.24, 2.45) is 0 Å². The summed E-state index contributed by atoms with van der Waals surface area (Å²) >= 11 is 3.15. The summed E-state index contributed by atoms with van der Waals surface area (Å²) in [5.74, 6) is 0.256. The molecule has 86 valence electrons. The summed E-state index contributed by atoms with van der Waals surface area (Å²) in [6.45, 7) is 8.00. The number of nitrogen functional groups attached to an aromatic ring is 1. The predicted octanol–water partition coefficient (Wildman–Crippen LogP) is 3.50. The van der Waals surface area contributed by atoms with Crippen molar-refractivity contribution in [1.82, 2.24) is 9.97 Å². The molecule has 0 bridgehead atoms. The lowest BCUT2D eigenvalue weighted by Gasteiger charge is -2.06. The summed E-state index contributed by atoms with van der Waals surface area (Å²) < 4.78 is 0. The average molecular weight is 261 g/mol. The fourth-order valence-corrected chi connectivity index (χ4v) is 2.76. The zero-order valence-electron chi connectivity index (χ0n) is 9.09. The van der Waals surface area contributed by atoms with Crippen molar-refractivity contribution in [2.45, 2.75) is 0 Å². The Hall–Kier alpha value is -1.59. The first-order valence-electron chi connectivity index (χ1n) is 4.85. The Morgan fingerprint density at radius 2 is 2.12 bits per heavy atom. The molecule has 2 N–H and O–H groups in total. The van der Waals surface area contributed by atoms with Gasteiger partial charge in [-0.2, -0.15) is 0 Å². The standard InChI is InChI=1S/C12H11N3S2/c1-8(10-5-6-14-12(13)15-10)17-9(2)11-4-3-7-16-11/h3-7H,1-2H2,(H2,13,14,15). The van der Waals surface area contributed by atoms with E-state index in [1.807, 2.05) is 17.5 Å². The smallest absolute Gasteiger partial charge is 0.220 e. The largest absolute Gasteiger partial charge is 0.368 e. The number of thiophene rings is 1. The van der Waals surface area contributed by atoms with E-state index in [1.54, 1.807) is 23.6 Å². The average Bonchev–Trinajstić information content (AvgIpc) is 2.82. The molecule has 0 saturated heterocycles. The summed E-state index contributed by atoms with van der Waals surface area (Å²) in [6, 6.07) is 5.81. The fraction of sp³-hybridized carbons (Fsp3) is 0. The van der Waals surface area contributed by atoms with E-state index in [0.29, 0.717) is 0 Å². The first-order valence-corrected chi connectivity index (χ1v) is 6.55. The molecule has 0 atom stereocenters. The Labute approximate surface area is 108 Å². The van der Waals surface area contributed by atoms with Gasteiger partial charge >= 0.3 is 0 Å². The fourth-order valence-electron chi connectivity index (χ4n) is 1.22. The number of nitrogens with zero attached hydrogens (tertiary/aromatic N) is 2. The molecule has 17 heavy (non-hydrogen) atoms. The zero-order valence-corrected chi connectivity index (χ0v) is 10.7. The Balaban J connectivity index is 2.10. The van der Waals surface area contributed by atoms with Crippen LogP contribution in [-0.4, -0.2) is 9.97 Å². The Bertz CT molecular complexity index is 547. The maximum absolute atomic E-state index is 5.53. The monoisotopic (exact) mass is 261 g/mol. The van der Waals surface area contributed by atoms with Crippen LogP contribution in [0.3, 0.4) is 0 Å². The maximum Gasteiger partial charge on any atom is 0.220 e. The molecular weight excluding hydrogens is 250 g/mol. The van der Waals surface area contributed by atoms with Crippen LogP contribution in [0.15, 0.2) is 42.9 Å². The first-order chi connectivity index (χ1) is 8.16. The summed E-state index contributed by atoms with van der Waals surface area (Å²) in [6.07, 6.45) is 1.62. The van der Waals surface area contributed by atoms with Crippen LogP contribution in [0.4, 0.5) is 5.95 Å². The summed E-state index contributed by atoms with van der Waals surface area (Å²) in [7, 11) is 0. The van der Waals surface area contributed by atoms with Crippen LogP contribution in [0, 0.1) is 0 Å². The highest BCUT2D eigenvalue weighted by Gasteiger charge is 2.07. The van der Waals surface area contributed by atoms with E-state index < -0.39 is 0 Å². The van der Waals surface area contributed by atoms with E-state index in [1.165, 1.54) is 11.8 Å². The van der Waals surface area contributed by atoms with Crippen LogP contribution < -0.4 is 5.73 Å². The second-order valence-electron chi connectivity index (χ2n) is 3.23. The molecule has 2 aromatic heterocycles. The highest BCUT2D eigenvalue weighted by molar-refractivity contribution is 8.16. The van der Waals surface area contributed by atoms with Crippen LogP contribution >= 0.6 is 23.1 Å². The lowest BCUT2D eigenvalue weighted by Crippen LogP contribution is -1.96. The molecule has 0 radical (unpaired) electrons. The number of aromatic nitrogens is 2. The van der Waals surface area contributed by atoms with E-state index in [9.17, 15) is 0 Å². The zero-order chi connectivity index (χ0) is 12.3. The van der Waals surface area contributed by atoms with E-state index in [2.05, 4.69) is 23.1 Å². The van der Waals surface area contributed by atoms with Gasteiger partial charge in [0.05, 0.1) is 5.69 Å². The van der Waals surface area contributed by atoms with Gasteiger partial charge in [0.2, 0.25) is 5.95 Å². The lowest BCUT2D eigenvalue weighted by molar-refractivity contribution is 1.17. The van der Waals surface area contributed by atoms with Gasteiger partial charge in [0.25, 0.3) is 0 Å². The topological polar surface area (TPSA) is 51.8 Å². The predicted molar refractivity (Wildman–Crippen MR) is 76.4 cm³/mol. The molecule has 0 fully saturated rings. The molecule has 0 aliphatic heterocycles. The van der Waals surface area contributed by atoms with E-state index in [4.69, 9.17) is 5.73 Å². The Morgan fingerprint density at radius 1 is 1.29 bits per heavy atom. The second kappa shape index (κ2) is 5.16. The molecule has 0 aromatic carbocycles. The third kappa shape index (κ3) is 2.95. The number of nitrogens with two attached hydrogens (primary N) is 1. The van der Waals surface area contributed by atoms with E-state index in [-0.39, 0.29) is 5.95 Å². The molecule has 0 aliphatic rings. The molecule has 0 saturated carbocycles. The van der Waals surface area contributed by atoms with Gasteiger partial charge in [-0.3, -0.25) is 0 Å². The SMILES string of the molecule is C=C(SC(=C)c1cccs1)c1ccnc(N)n1. The maximum atomic E-state index is 5.53. The first kappa shape index (κ1) is 11.9. The van der Waals surface area contributed by atoms with Crippen LogP contribution in [0.25, 0.3) is 9.81 Å². The normalized spacial score (nSPS) is 10.1. The molecule has 0 amide bonds. The molecule has 0 aliphatic carbocycles. The third-order valence-corrected chi connectivity index (χ3v) is 3.98. The van der Waals surface area contributed by atoms with Gasteiger partial charge in [-0.1, -0.05) is 31.0 Å². The third-order valence-electron chi connectivity index (χ3n) is 2.00. The molecule has 0 spiro atoms. The molecule has 0 unspecified atom stereocenters. The highest BCUT2D eigenvalue weighted by Crippen LogP contribution is 2.37. The number of rotatable bonds is 4. The Kier molecular flexibility index (Phi) is 3.61. The minimum atomic E-state index is 0.256. The minimum Gasteiger partial charge on any atom is -0.368 e. The summed E-state index contributed by atoms with van der Waals surface area (Å²) in [5, 5.41) is 2.02. The van der Waals surface area contributed by atoms with Crippen molar-refractivity contribution in [2.75, 3.05) is 5.73 Å². The van der Waals surface area contributed by atoms with Crippen LogP contribution in [0.2, 0.25) is 0 Å². The molecular formula is C12H11N3S2. The number of thioether (sulfide) groups is 1. The van der Waals surface area contributed by atoms with Gasteiger partial charge in [-0.15, -0.1) is 11.3 Å². The van der Waals surface area contributed by atoms with Crippen molar-refractivity contribution >= 4 is 38.9 Å². The number of hydrogen-bond acceptors (Lipinski definition) is 5. The van der Waals surface area contributed by atoms with E-state index >= 15 is 0 Å². The van der Waals surface area contributed by atoms with Crippen LogP contribution in [-0.2, 0) is 0 Å². The van der Waals surface area contributed by atoms with Gasteiger partial charge < -0.3 is 5.73 Å². The second-order valence-corrected chi connectivity index (χ2v) is 5.36. The lowest BCUT2D eigenvalue weighted by atomic mass is 10.4. The van der Waals surface area contributed by atoms with Crippen LogP contribution in [0.5, 0.6) is 0 Å². The van der Waals surface area contributed by atoms with Gasteiger partial charge in [0.15, 0.2) is 0 Å². The number of hydrogen-bond donors (Lipinski definition) is 1. The molecule has 2 aromatic rings. The van der Waals surface area contributed by atoms with Crippen molar-refractivity contribution in [3.05, 3.63) is 53.5 Å². The van der Waals surface area contributed by atoms with Crippen molar-refractivity contribution < 1.29 is 0 Å². The van der Waals surface area contributed by atoms with Gasteiger partial charge in [0, 0.05) is 20.9 Å². The molecule has 3 nitrogen and oxygen atoms in total. The van der Waals surface area contributed by atoms with E-state index in [0.717, 1.165) is 20.4 Å². The molecule has 2 rings (SSSR count). The number of anilines is 1. The molecule has 5 heteroatoms. The van der Waals surface area contributed by atoms with Gasteiger partial charge in [0.1, 0.15) is 0 Å². The quantitative estimate of drug-likeness (QED) is 0.915. The van der Waals surface area contributed by atoms with Gasteiger partial charge in [-0.25, -0.2) is 9.97 Å². The summed E-state index contributed by atoms with van der Waals surface area (Å²) in [5.41, 5.74) is 6.27. The van der Waals surface area contributed by atoms with Crippen molar-refractivity contribution in [3.8, 4) is 0 Å². The van der Waals surface area contributed by atoms with Gasteiger partial charge in [-0.05, 0) is 17.5 Å². The van der Waals surface area contributed by atoms with Crippen molar-refractivity contribution in [1.29, 1.82) is 0 Å². The minimum absolute atomic E-state index is 0.256. The highest BCUT2D eigenvalue weighted by atomic mass is 32.2. The van der Waals surface area contributed by atoms with Crippen molar-refractivity contribution in [3.63, 3.8) is 0 Å². The molecule has 2 heterocycles. The summed E-state index contributed by atoms with van der Waals surface area (Å²) in [4.78, 5) is 10.9. The van der Waals surface area contributed by atoms with Crippen LogP contribution in [0.1, 0.15) is 10.6 Å². The Morgan fingerprint density at radius 3 is 2.76 bits per heavy atom.